The van der Waals surface area contributed by atoms with E-state index in [2.05, 4.69) is 20.9 Å². The highest BCUT2D eigenvalue weighted by atomic mass is 79.9. The van der Waals surface area contributed by atoms with Crippen molar-refractivity contribution in [3.8, 4) is 0 Å². The van der Waals surface area contributed by atoms with Gasteiger partial charge in [-0.3, -0.25) is 4.79 Å². The lowest BCUT2D eigenvalue weighted by atomic mass is 10.0. The number of hydrogen-bond acceptors (Lipinski definition) is 3. The zero-order chi connectivity index (χ0) is 10.1. The average Bonchev–Trinajstić information content (AvgIpc) is 1.99. The summed E-state index contributed by atoms with van der Waals surface area (Å²) in [4.78, 5) is 15.5. The number of carbonyl (C=O) groups is 1. The van der Waals surface area contributed by atoms with Gasteiger partial charge in [0, 0.05) is 17.3 Å². The van der Waals surface area contributed by atoms with Crippen molar-refractivity contribution in [2.75, 3.05) is 13.2 Å². The molecule has 1 aromatic rings. The fraction of sp³-hybridized carbons (Fsp3) is 0.400. The van der Waals surface area contributed by atoms with Crippen molar-refractivity contribution in [2.24, 2.45) is 0 Å². The van der Waals surface area contributed by atoms with Crippen LogP contribution in [0.4, 0.5) is 0 Å². The predicted octanol–water partition coefficient (Wildman–Crippen LogP) is 2.16. The molecule has 0 N–H and O–H groups in total. The molecule has 0 spiro atoms. The number of carbonyl (C=O) groups excluding carboxylic acids is 1. The predicted molar refractivity (Wildman–Crippen MR) is 55.5 cm³/mol. The lowest BCUT2D eigenvalue weighted by molar-refractivity contribution is 0.00662. The van der Waals surface area contributed by atoms with Crippen LogP contribution in [-0.2, 0) is 4.74 Å². The largest absolute Gasteiger partial charge is 0.380 e. The average molecular weight is 256 g/mol. The zero-order valence-electron chi connectivity index (χ0n) is 7.79. The van der Waals surface area contributed by atoms with Crippen molar-refractivity contribution in [3.05, 3.63) is 28.0 Å². The van der Waals surface area contributed by atoms with Crippen LogP contribution in [0.3, 0.4) is 0 Å². The van der Waals surface area contributed by atoms with Crippen molar-refractivity contribution in [2.45, 2.75) is 12.8 Å². The second-order valence-electron chi connectivity index (χ2n) is 3.39. The summed E-state index contributed by atoms with van der Waals surface area (Å²) in [7, 11) is 0. The molecule has 0 aliphatic carbocycles. The van der Waals surface area contributed by atoms with Gasteiger partial charge >= 0.3 is 0 Å². The molecule has 14 heavy (non-hydrogen) atoms. The molecule has 1 aliphatic rings. The summed E-state index contributed by atoms with van der Waals surface area (Å²) >= 11 is 3.37. The third-order valence-electron chi connectivity index (χ3n) is 2.23. The number of rotatable bonds is 2. The zero-order valence-corrected chi connectivity index (χ0v) is 9.37. The molecule has 1 aliphatic heterocycles. The van der Waals surface area contributed by atoms with Crippen molar-refractivity contribution in [1.29, 1.82) is 0 Å². The third kappa shape index (κ3) is 1.86. The van der Waals surface area contributed by atoms with Gasteiger partial charge in [-0.25, -0.2) is 4.98 Å². The van der Waals surface area contributed by atoms with Crippen LogP contribution < -0.4 is 0 Å². The van der Waals surface area contributed by atoms with E-state index < -0.39 is 0 Å². The van der Waals surface area contributed by atoms with Gasteiger partial charge in [0.05, 0.1) is 18.9 Å². The summed E-state index contributed by atoms with van der Waals surface area (Å²) in [5.41, 5.74) is 1.46. The van der Waals surface area contributed by atoms with Crippen LogP contribution in [0.2, 0.25) is 0 Å². The molecule has 0 saturated carbocycles. The first-order valence-corrected chi connectivity index (χ1v) is 5.22. The lowest BCUT2D eigenvalue weighted by Gasteiger charge is -2.25. The minimum atomic E-state index is -0.00667. The summed E-state index contributed by atoms with van der Waals surface area (Å²) in [5.74, 6) is 0.346. The molecule has 2 heterocycles. The Balaban J connectivity index is 2.35. The van der Waals surface area contributed by atoms with Crippen LogP contribution in [-0.4, -0.2) is 24.0 Å². The number of hydrogen-bond donors (Lipinski definition) is 0. The normalized spacial score (nSPS) is 16.4. The van der Waals surface area contributed by atoms with Crippen LogP contribution in [0.15, 0.2) is 16.6 Å². The number of halogens is 1. The number of ether oxygens (including phenoxy) is 1. The minimum Gasteiger partial charge on any atom is -0.380 e. The topological polar surface area (TPSA) is 39.2 Å². The number of nitrogens with zero attached hydrogens (tertiary/aromatic N) is 1. The first-order valence-electron chi connectivity index (χ1n) is 4.43. The van der Waals surface area contributed by atoms with E-state index in [1.807, 2.05) is 6.07 Å². The molecule has 1 saturated heterocycles. The quantitative estimate of drug-likeness (QED) is 0.761. The highest BCUT2D eigenvalue weighted by Crippen LogP contribution is 2.25. The van der Waals surface area contributed by atoms with Crippen molar-refractivity contribution in [1.82, 2.24) is 4.98 Å². The molecule has 0 radical (unpaired) electrons. The summed E-state index contributed by atoms with van der Waals surface area (Å²) in [6.07, 6.45) is 0. The van der Waals surface area contributed by atoms with E-state index >= 15 is 0 Å². The Hall–Kier alpha value is -0.740. The summed E-state index contributed by atoms with van der Waals surface area (Å²) in [6, 6.07) is 3.69. The second-order valence-corrected chi connectivity index (χ2v) is 4.30. The summed E-state index contributed by atoms with van der Waals surface area (Å²) in [6.45, 7) is 2.94. The lowest BCUT2D eigenvalue weighted by Crippen LogP contribution is -2.26. The summed E-state index contributed by atoms with van der Waals surface area (Å²) < 4.78 is 5.99. The molecule has 0 aromatic carbocycles. The Bertz CT molecular complexity index is 374. The van der Waals surface area contributed by atoms with Crippen molar-refractivity contribution < 1.29 is 9.53 Å². The standard InChI is InChI=1S/C10H10BrNO2/c1-6(13)9-2-8(11)3-10(12-9)7-4-14-5-7/h2-3,7H,4-5H2,1H3. The number of aromatic nitrogens is 1. The van der Waals surface area contributed by atoms with Crippen LogP contribution >= 0.6 is 15.9 Å². The van der Waals surface area contributed by atoms with Gasteiger partial charge in [0.15, 0.2) is 5.78 Å². The highest BCUT2D eigenvalue weighted by molar-refractivity contribution is 9.10. The van der Waals surface area contributed by atoms with Crippen molar-refractivity contribution in [3.63, 3.8) is 0 Å². The van der Waals surface area contributed by atoms with Gasteiger partial charge in [-0.1, -0.05) is 15.9 Å². The van der Waals surface area contributed by atoms with Crippen LogP contribution in [0.1, 0.15) is 29.0 Å². The van der Waals surface area contributed by atoms with Crippen LogP contribution in [0, 0.1) is 0 Å². The smallest absolute Gasteiger partial charge is 0.178 e. The molecule has 3 nitrogen and oxygen atoms in total. The van der Waals surface area contributed by atoms with E-state index in [4.69, 9.17) is 4.74 Å². The van der Waals surface area contributed by atoms with Crippen LogP contribution in [0.25, 0.3) is 0 Å². The molecule has 0 amide bonds. The molecular formula is C10H10BrNO2. The van der Waals surface area contributed by atoms with Gasteiger partial charge in [-0.05, 0) is 12.1 Å². The molecule has 1 aromatic heterocycles. The second kappa shape index (κ2) is 3.79. The Morgan fingerprint density at radius 1 is 1.57 bits per heavy atom. The SMILES string of the molecule is CC(=O)c1cc(Br)cc(C2COC2)n1. The first kappa shape index (κ1) is 9.80. The minimum absolute atomic E-state index is 0.00667. The maximum Gasteiger partial charge on any atom is 0.178 e. The monoisotopic (exact) mass is 255 g/mol. The van der Waals surface area contributed by atoms with Gasteiger partial charge in [-0.2, -0.15) is 0 Å². The van der Waals surface area contributed by atoms with Crippen LogP contribution in [0.5, 0.6) is 0 Å². The van der Waals surface area contributed by atoms with E-state index in [9.17, 15) is 4.79 Å². The molecule has 2 rings (SSSR count). The van der Waals surface area contributed by atoms with E-state index in [1.54, 1.807) is 6.07 Å². The Morgan fingerprint density at radius 2 is 2.29 bits per heavy atom. The Morgan fingerprint density at radius 3 is 2.79 bits per heavy atom. The fourth-order valence-corrected chi connectivity index (χ4v) is 1.76. The van der Waals surface area contributed by atoms with Crippen molar-refractivity contribution >= 4 is 21.7 Å². The molecule has 0 bridgehead atoms. The van der Waals surface area contributed by atoms with E-state index in [-0.39, 0.29) is 5.78 Å². The Labute approximate surface area is 90.6 Å². The Kier molecular flexibility index (Phi) is 2.65. The molecule has 1 fully saturated rings. The maximum absolute atomic E-state index is 11.2. The molecule has 74 valence electrons. The fourth-order valence-electron chi connectivity index (χ4n) is 1.31. The third-order valence-corrected chi connectivity index (χ3v) is 2.68. The number of pyridine rings is 1. The van der Waals surface area contributed by atoms with Gasteiger partial charge in [-0.15, -0.1) is 0 Å². The highest BCUT2D eigenvalue weighted by Gasteiger charge is 2.22. The molecule has 4 heteroatoms. The number of ketones is 1. The van der Waals surface area contributed by atoms with Gasteiger partial charge < -0.3 is 4.74 Å². The van der Waals surface area contributed by atoms with Gasteiger partial charge in [0.1, 0.15) is 5.69 Å². The molecule has 0 atom stereocenters. The van der Waals surface area contributed by atoms with Gasteiger partial charge in [0.25, 0.3) is 0 Å². The maximum atomic E-state index is 11.2. The van der Waals surface area contributed by atoms with E-state index in [0.29, 0.717) is 24.8 Å². The molecule has 0 unspecified atom stereocenters. The van der Waals surface area contributed by atoms with Gasteiger partial charge in [0.2, 0.25) is 0 Å². The van der Waals surface area contributed by atoms with E-state index in [1.165, 1.54) is 6.92 Å². The summed E-state index contributed by atoms with van der Waals surface area (Å²) in [5, 5.41) is 0. The molecular weight excluding hydrogens is 246 g/mol. The number of Topliss-reactive ketones (excluding diaryl/α,β-unsaturated/α-hetero) is 1. The first-order chi connectivity index (χ1) is 6.66. The van der Waals surface area contributed by atoms with E-state index in [0.717, 1.165) is 10.2 Å².